The van der Waals surface area contributed by atoms with E-state index in [1.165, 1.54) is 0 Å². The molecule has 0 radical (unpaired) electrons. The van der Waals surface area contributed by atoms with Crippen molar-refractivity contribution in [3.63, 3.8) is 0 Å². The summed E-state index contributed by atoms with van der Waals surface area (Å²) in [5, 5.41) is 8.74. The van der Waals surface area contributed by atoms with Crippen LogP contribution in [0.1, 0.15) is 46.0 Å². The molecule has 0 aliphatic rings. The van der Waals surface area contributed by atoms with Crippen LogP contribution in [0.5, 0.6) is 0 Å². The summed E-state index contributed by atoms with van der Waals surface area (Å²) >= 11 is 0. The van der Waals surface area contributed by atoms with E-state index in [2.05, 4.69) is 19.1 Å². The normalized spacial score (nSPS) is 15.6. The van der Waals surface area contributed by atoms with Crippen molar-refractivity contribution in [1.29, 1.82) is 0 Å². The van der Waals surface area contributed by atoms with Gasteiger partial charge in [0.05, 0.1) is 0 Å². The zero-order chi connectivity index (χ0) is 11.0. The van der Waals surface area contributed by atoms with Crippen molar-refractivity contribution >= 4 is 5.97 Å². The minimum absolute atomic E-state index is 0.527. The Bertz CT molecular complexity index is 197. The largest absolute Gasteiger partial charge is 0.480 e. The summed E-state index contributed by atoms with van der Waals surface area (Å²) in [4.78, 5) is 10.6. The zero-order valence-electron chi connectivity index (χ0n) is 9.12. The fourth-order valence-corrected chi connectivity index (χ4v) is 1.10. The van der Waals surface area contributed by atoms with Crippen LogP contribution in [-0.4, -0.2) is 16.6 Å². The molecule has 0 spiro atoms. The summed E-state index contributed by atoms with van der Waals surface area (Å²) in [6.07, 6.45) is 8.76. The van der Waals surface area contributed by atoms with Gasteiger partial charge in [-0.3, -0.25) is 4.79 Å². The van der Waals surface area contributed by atoms with Crippen LogP contribution < -0.4 is 5.73 Å². The monoisotopic (exact) mass is 199 g/mol. The van der Waals surface area contributed by atoms with Crippen LogP contribution >= 0.6 is 0 Å². The van der Waals surface area contributed by atoms with Crippen molar-refractivity contribution in [2.45, 2.75) is 51.5 Å². The molecule has 0 aliphatic carbocycles. The standard InChI is InChI=1S/C11H21NO2/c1-3-4-5-6-7-8-9-11(2,12)10(13)14/h5-6H,3-4,7-9,12H2,1-2H3,(H,13,14)/b6-5-/t11-/m1/s1. The van der Waals surface area contributed by atoms with Crippen molar-refractivity contribution in [2.24, 2.45) is 5.73 Å². The maximum Gasteiger partial charge on any atom is 0.323 e. The predicted octanol–water partition coefficient (Wildman–Crippen LogP) is 2.31. The molecule has 0 bridgehead atoms. The number of unbranched alkanes of at least 4 members (excludes halogenated alkanes) is 2. The van der Waals surface area contributed by atoms with Crippen molar-refractivity contribution in [2.75, 3.05) is 0 Å². The molecule has 3 N–H and O–H groups in total. The number of aliphatic carboxylic acids is 1. The van der Waals surface area contributed by atoms with Crippen LogP contribution in [-0.2, 0) is 4.79 Å². The van der Waals surface area contributed by atoms with E-state index in [1.54, 1.807) is 6.92 Å². The van der Waals surface area contributed by atoms with E-state index < -0.39 is 11.5 Å². The minimum Gasteiger partial charge on any atom is -0.480 e. The molecule has 0 rings (SSSR count). The maximum atomic E-state index is 10.6. The Kier molecular flexibility index (Phi) is 6.21. The Labute approximate surface area is 86.0 Å². The second-order valence-electron chi connectivity index (χ2n) is 3.87. The SMILES string of the molecule is CCC/C=C\CCC[C@@](C)(N)C(=O)O. The molecule has 1 atom stereocenters. The summed E-state index contributed by atoms with van der Waals surface area (Å²) in [5.41, 5.74) is 4.51. The van der Waals surface area contributed by atoms with E-state index in [1.807, 2.05) is 0 Å². The molecule has 0 saturated carbocycles. The Hall–Kier alpha value is -0.830. The molecule has 0 amide bonds. The molecule has 0 aliphatic heterocycles. The highest BCUT2D eigenvalue weighted by Crippen LogP contribution is 2.11. The lowest BCUT2D eigenvalue weighted by atomic mass is 9.96. The third kappa shape index (κ3) is 5.75. The lowest BCUT2D eigenvalue weighted by Crippen LogP contribution is -2.44. The number of carboxylic acids is 1. The van der Waals surface area contributed by atoms with E-state index in [9.17, 15) is 4.79 Å². The van der Waals surface area contributed by atoms with Crippen molar-refractivity contribution < 1.29 is 9.90 Å². The molecule has 0 saturated heterocycles. The Morgan fingerprint density at radius 2 is 2.00 bits per heavy atom. The van der Waals surface area contributed by atoms with Crippen LogP contribution in [0.3, 0.4) is 0 Å². The summed E-state index contributed by atoms with van der Waals surface area (Å²) < 4.78 is 0. The number of rotatable bonds is 7. The molecule has 3 heteroatoms. The summed E-state index contributed by atoms with van der Waals surface area (Å²) in [6.45, 7) is 3.69. The third-order valence-corrected chi connectivity index (χ3v) is 2.18. The maximum absolute atomic E-state index is 10.6. The van der Waals surface area contributed by atoms with Gasteiger partial charge in [-0.2, -0.15) is 0 Å². The van der Waals surface area contributed by atoms with Gasteiger partial charge in [-0.1, -0.05) is 25.5 Å². The zero-order valence-corrected chi connectivity index (χ0v) is 9.12. The molecular formula is C11H21NO2. The van der Waals surface area contributed by atoms with Gasteiger partial charge in [0.2, 0.25) is 0 Å². The van der Waals surface area contributed by atoms with Crippen molar-refractivity contribution in [3.8, 4) is 0 Å². The van der Waals surface area contributed by atoms with E-state index >= 15 is 0 Å². The Morgan fingerprint density at radius 1 is 1.43 bits per heavy atom. The predicted molar refractivity (Wildman–Crippen MR) is 58.1 cm³/mol. The molecule has 3 nitrogen and oxygen atoms in total. The van der Waals surface area contributed by atoms with Gasteiger partial charge in [0.1, 0.15) is 5.54 Å². The van der Waals surface area contributed by atoms with Gasteiger partial charge in [-0.25, -0.2) is 0 Å². The quantitative estimate of drug-likeness (QED) is 0.488. The highest BCUT2D eigenvalue weighted by molar-refractivity contribution is 5.77. The lowest BCUT2D eigenvalue weighted by Gasteiger charge is -2.17. The number of hydrogen-bond acceptors (Lipinski definition) is 2. The highest BCUT2D eigenvalue weighted by atomic mass is 16.4. The van der Waals surface area contributed by atoms with E-state index in [-0.39, 0.29) is 0 Å². The Balaban J connectivity index is 3.59. The van der Waals surface area contributed by atoms with Crippen LogP contribution in [0, 0.1) is 0 Å². The van der Waals surface area contributed by atoms with Crippen LogP contribution in [0.4, 0.5) is 0 Å². The molecule has 14 heavy (non-hydrogen) atoms. The fraction of sp³-hybridized carbons (Fsp3) is 0.727. The van der Waals surface area contributed by atoms with Gasteiger partial charge < -0.3 is 10.8 Å². The van der Waals surface area contributed by atoms with Crippen LogP contribution in [0.15, 0.2) is 12.2 Å². The number of nitrogens with two attached hydrogens (primary N) is 1. The van der Waals surface area contributed by atoms with Gasteiger partial charge in [0.25, 0.3) is 0 Å². The smallest absolute Gasteiger partial charge is 0.323 e. The van der Waals surface area contributed by atoms with E-state index in [4.69, 9.17) is 10.8 Å². The lowest BCUT2D eigenvalue weighted by molar-refractivity contribution is -0.142. The van der Waals surface area contributed by atoms with E-state index in [0.717, 1.165) is 25.7 Å². The highest BCUT2D eigenvalue weighted by Gasteiger charge is 2.26. The van der Waals surface area contributed by atoms with Gasteiger partial charge in [0.15, 0.2) is 0 Å². The van der Waals surface area contributed by atoms with Crippen molar-refractivity contribution in [3.05, 3.63) is 12.2 Å². The summed E-state index contributed by atoms with van der Waals surface area (Å²) in [5.74, 6) is -0.921. The first-order chi connectivity index (χ1) is 6.50. The number of carboxylic acid groups (broad SMARTS) is 1. The summed E-state index contributed by atoms with van der Waals surface area (Å²) in [7, 11) is 0. The first-order valence-corrected chi connectivity index (χ1v) is 5.18. The molecule has 0 aromatic heterocycles. The van der Waals surface area contributed by atoms with Crippen LogP contribution in [0.25, 0.3) is 0 Å². The second-order valence-corrected chi connectivity index (χ2v) is 3.87. The average molecular weight is 199 g/mol. The number of carbonyl (C=O) groups is 1. The minimum atomic E-state index is -1.07. The molecule has 82 valence electrons. The average Bonchev–Trinajstić information content (AvgIpc) is 2.10. The molecule has 0 fully saturated rings. The molecule has 0 aromatic rings. The second kappa shape index (κ2) is 6.60. The van der Waals surface area contributed by atoms with Gasteiger partial charge >= 0.3 is 5.97 Å². The summed E-state index contributed by atoms with van der Waals surface area (Å²) in [6, 6.07) is 0. The molecule has 0 aromatic carbocycles. The number of hydrogen-bond donors (Lipinski definition) is 2. The number of allylic oxidation sites excluding steroid dienone is 2. The fourth-order valence-electron chi connectivity index (χ4n) is 1.10. The van der Waals surface area contributed by atoms with Gasteiger partial charge in [-0.15, -0.1) is 0 Å². The first-order valence-electron chi connectivity index (χ1n) is 5.18. The molecule has 0 heterocycles. The van der Waals surface area contributed by atoms with Crippen LogP contribution in [0.2, 0.25) is 0 Å². The molecule has 0 unspecified atom stereocenters. The molecular weight excluding hydrogens is 178 g/mol. The Morgan fingerprint density at radius 3 is 2.50 bits per heavy atom. The topological polar surface area (TPSA) is 63.3 Å². The van der Waals surface area contributed by atoms with E-state index in [0.29, 0.717) is 6.42 Å². The van der Waals surface area contributed by atoms with Crippen molar-refractivity contribution in [1.82, 2.24) is 0 Å². The van der Waals surface area contributed by atoms with Gasteiger partial charge in [-0.05, 0) is 32.6 Å². The van der Waals surface area contributed by atoms with Gasteiger partial charge in [0, 0.05) is 0 Å². The first kappa shape index (κ1) is 13.2. The third-order valence-electron chi connectivity index (χ3n) is 2.18.